The summed E-state index contributed by atoms with van der Waals surface area (Å²) in [6.45, 7) is 3.86. The number of nitrogens with one attached hydrogen (secondary N) is 1. The summed E-state index contributed by atoms with van der Waals surface area (Å²) in [4.78, 5) is 12.9. The summed E-state index contributed by atoms with van der Waals surface area (Å²) in [6, 6.07) is 27.6. The molecule has 1 atom stereocenters. The van der Waals surface area contributed by atoms with Crippen molar-refractivity contribution in [3.8, 4) is 5.75 Å². The van der Waals surface area contributed by atoms with Gasteiger partial charge in [0, 0.05) is 0 Å². The second kappa shape index (κ2) is 9.04. The number of para-hydroxylation sites is 1. The van der Waals surface area contributed by atoms with Crippen molar-refractivity contribution < 1.29 is 9.53 Å². The van der Waals surface area contributed by atoms with Crippen LogP contribution in [0.4, 0.5) is 0 Å². The molecule has 3 rings (SSSR count). The van der Waals surface area contributed by atoms with Gasteiger partial charge in [-0.2, -0.15) is 0 Å². The van der Waals surface area contributed by atoms with E-state index in [2.05, 4.69) is 12.2 Å². The first-order valence-electron chi connectivity index (χ1n) is 9.34. The molecule has 0 unspecified atom stereocenters. The summed E-state index contributed by atoms with van der Waals surface area (Å²) in [7, 11) is 0. The van der Waals surface area contributed by atoms with Crippen LogP contribution >= 0.6 is 0 Å². The second-order valence-corrected chi connectivity index (χ2v) is 6.48. The molecule has 3 nitrogen and oxygen atoms in total. The SMILES string of the molecule is CCc1ccccc1O[C@H](C)C(=O)NC(c1ccccc1)c1ccccc1. The van der Waals surface area contributed by atoms with Crippen LogP contribution in [0.5, 0.6) is 5.75 Å². The van der Waals surface area contributed by atoms with Crippen LogP contribution in [0, 0.1) is 0 Å². The Kier molecular flexibility index (Phi) is 6.26. The van der Waals surface area contributed by atoms with E-state index < -0.39 is 6.10 Å². The summed E-state index contributed by atoms with van der Waals surface area (Å²) in [5, 5.41) is 3.14. The van der Waals surface area contributed by atoms with Crippen molar-refractivity contribution in [1.29, 1.82) is 0 Å². The Labute approximate surface area is 161 Å². The van der Waals surface area contributed by atoms with Crippen molar-refractivity contribution in [3.05, 3.63) is 102 Å². The van der Waals surface area contributed by atoms with Crippen molar-refractivity contribution in [2.45, 2.75) is 32.4 Å². The van der Waals surface area contributed by atoms with Crippen LogP contribution in [-0.4, -0.2) is 12.0 Å². The Morgan fingerprint density at radius 1 is 0.852 bits per heavy atom. The molecule has 0 aliphatic rings. The maximum Gasteiger partial charge on any atom is 0.261 e. The molecule has 0 aromatic heterocycles. The lowest BCUT2D eigenvalue weighted by molar-refractivity contribution is -0.127. The molecule has 0 saturated carbocycles. The third-order valence-electron chi connectivity index (χ3n) is 4.58. The molecular weight excluding hydrogens is 334 g/mol. The Morgan fingerprint density at radius 2 is 1.37 bits per heavy atom. The molecule has 0 aliphatic carbocycles. The minimum Gasteiger partial charge on any atom is -0.481 e. The molecule has 0 aliphatic heterocycles. The molecule has 27 heavy (non-hydrogen) atoms. The predicted octanol–water partition coefficient (Wildman–Crippen LogP) is 4.92. The quantitative estimate of drug-likeness (QED) is 0.650. The number of hydrogen-bond donors (Lipinski definition) is 1. The van der Waals surface area contributed by atoms with Gasteiger partial charge < -0.3 is 10.1 Å². The van der Waals surface area contributed by atoms with Gasteiger partial charge in [-0.05, 0) is 36.1 Å². The summed E-state index contributed by atoms with van der Waals surface area (Å²) >= 11 is 0. The average molecular weight is 359 g/mol. The molecule has 1 amide bonds. The summed E-state index contributed by atoms with van der Waals surface area (Å²) < 4.78 is 5.96. The zero-order valence-corrected chi connectivity index (χ0v) is 15.8. The number of rotatable bonds is 7. The zero-order chi connectivity index (χ0) is 19.1. The van der Waals surface area contributed by atoms with Crippen molar-refractivity contribution in [2.75, 3.05) is 0 Å². The number of benzene rings is 3. The van der Waals surface area contributed by atoms with E-state index in [4.69, 9.17) is 4.74 Å². The third-order valence-corrected chi connectivity index (χ3v) is 4.58. The lowest BCUT2D eigenvalue weighted by atomic mass is 9.98. The Morgan fingerprint density at radius 3 is 1.93 bits per heavy atom. The molecule has 0 saturated heterocycles. The highest BCUT2D eigenvalue weighted by Gasteiger charge is 2.22. The van der Waals surface area contributed by atoms with E-state index in [1.54, 1.807) is 6.92 Å². The first kappa shape index (κ1) is 18.7. The van der Waals surface area contributed by atoms with Gasteiger partial charge in [-0.3, -0.25) is 4.79 Å². The fourth-order valence-electron chi connectivity index (χ4n) is 3.06. The molecule has 3 heteroatoms. The number of hydrogen-bond acceptors (Lipinski definition) is 2. The third kappa shape index (κ3) is 4.76. The lowest BCUT2D eigenvalue weighted by Gasteiger charge is -2.23. The van der Waals surface area contributed by atoms with Gasteiger partial charge in [0.2, 0.25) is 0 Å². The molecule has 138 valence electrons. The molecule has 0 fully saturated rings. The lowest BCUT2D eigenvalue weighted by Crippen LogP contribution is -2.39. The summed E-state index contributed by atoms with van der Waals surface area (Å²) in [5.41, 5.74) is 3.18. The van der Waals surface area contributed by atoms with Gasteiger partial charge in [-0.25, -0.2) is 0 Å². The van der Waals surface area contributed by atoms with Crippen molar-refractivity contribution in [2.24, 2.45) is 0 Å². The van der Waals surface area contributed by atoms with E-state index >= 15 is 0 Å². The Balaban J connectivity index is 1.78. The molecule has 0 spiro atoms. The first-order chi connectivity index (χ1) is 13.2. The summed E-state index contributed by atoms with van der Waals surface area (Å²) in [6.07, 6.45) is 0.272. The van der Waals surface area contributed by atoms with Gasteiger partial charge in [-0.15, -0.1) is 0 Å². The van der Waals surface area contributed by atoms with Gasteiger partial charge in [0.1, 0.15) is 5.75 Å². The first-order valence-corrected chi connectivity index (χ1v) is 9.34. The van der Waals surface area contributed by atoms with Gasteiger partial charge in [0.25, 0.3) is 5.91 Å². The van der Waals surface area contributed by atoms with Gasteiger partial charge in [-0.1, -0.05) is 85.8 Å². The van der Waals surface area contributed by atoms with E-state index in [9.17, 15) is 4.79 Å². The van der Waals surface area contributed by atoms with E-state index in [0.29, 0.717) is 0 Å². The smallest absolute Gasteiger partial charge is 0.261 e. The normalized spacial score (nSPS) is 11.8. The van der Waals surface area contributed by atoms with E-state index in [1.807, 2.05) is 84.9 Å². The van der Waals surface area contributed by atoms with Crippen LogP contribution in [-0.2, 0) is 11.2 Å². The van der Waals surface area contributed by atoms with Crippen LogP contribution < -0.4 is 10.1 Å². The largest absolute Gasteiger partial charge is 0.481 e. The Bertz CT molecular complexity index is 822. The number of ether oxygens (including phenoxy) is 1. The summed E-state index contributed by atoms with van der Waals surface area (Å²) in [5.74, 6) is 0.622. The molecule has 3 aromatic rings. The minimum atomic E-state index is -0.590. The second-order valence-electron chi connectivity index (χ2n) is 6.48. The molecule has 0 bridgehead atoms. The van der Waals surface area contributed by atoms with Crippen LogP contribution in [0.1, 0.15) is 36.6 Å². The fourth-order valence-corrected chi connectivity index (χ4v) is 3.06. The van der Waals surface area contributed by atoms with E-state index in [0.717, 1.165) is 28.9 Å². The standard InChI is InChI=1S/C24H25NO2/c1-3-19-12-10-11-17-22(19)27-18(2)24(26)25-23(20-13-6-4-7-14-20)21-15-8-5-9-16-21/h4-18,23H,3H2,1-2H3,(H,25,26)/t18-/m1/s1. The number of amides is 1. The van der Waals surface area contributed by atoms with Crippen LogP contribution in [0.3, 0.4) is 0 Å². The van der Waals surface area contributed by atoms with Crippen molar-refractivity contribution in [3.63, 3.8) is 0 Å². The molecule has 1 N–H and O–H groups in total. The van der Waals surface area contributed by atoms with Crippen LogP contribution in [0.25, 0.3) is 0 Å². The average Bonchev–Trinajstić information content (AvgIpc) is 2.73. The maximum atomic E-state index is 12.9. The maximum absolute atomic E-state index is 12.9. The van der Waals surface area contributed by atoms with Gasteiger partial charge in [0.05, 0.1) is 6.04 Å². The van der Waals surface area contributed by atoms with Crippen LogP contribution in [0.2, 0.25) is 0 Å². The van der Waals surface area contributed by atoms with Gasteiger partial charge in [0.15, 0.2) is 6.10 Å². The van der Waals surface area contributed by atoms with Gasteiger partial charge >= 0.3 is 0 Å². The topological polar surface area (TPSA) is 38.3 Å². The molecule has 0 heterocycles. The molecule has 0 radical (unpaired) electrons. The van der Waals surface area contributed by atoms with E-state index in [-0.39, 0.29) is 11.9 Å². The molecular formula is C24H25NO2. The predicted molar refractivity (Wildman–Crippen MR) is 109 cm³/mol. The van der Waals surface area contributed by atoms with Crippen LogP contribution in [0.15, 0.2) is 84.9 Å². The Hall–Kier alpha value is -3.07. The number of carbonyl (C=O) groups excluding carboxylic acids is 1. The highest BCUT2D eigenvalue weighted by atomic mass is 16.5. The monoisotopic (exact) mass is 359 g/mol. The number of aryl methyl sites for hydroxylation is 1. The highest BCUT2D eigenvalue weighted by molar-refractivity contribution is 5.81. The number of carbonyl (C=O) groups is 1. The zero-order valence-electron chi connectivity index (χ0n) is 15.8. The van der Waals surface area contributed by atoms with Crippen molar-refractivity contribution in [1.82, 2.24) is 5.32 Å². The molecule has 3 aromatic carbocycles. The fraction of sp³-hybridized carbons (Fsp3) is 0.208. The van der Waals surface area contributed by atoms with Crippen molar-refractivity contribution >= 4 is 5.91 Å². The van der Waals surface area contributed by atoms with E-state index in [1.165, 1.54) is 0 Å². The minimum absolute atomic E-state index is 0.140. The highest BCUT2D eigenvalue weighted by Crippen LogP contribution is 2.23.